The molecule has 354 valence electrons. The zero-order valence-electron chi connectivity index (χ0n) is 40.2. The number of rotatable bonds is 13. The Kier molecular flexibility index (Phi) is 13.8. The van der Waals surface area contributed by atoms with Gasteiger partial charge in [-0.15, -0.1) is 32.9 Å². The fourth-order valence-corrected chi connectivity index (χ4v) is 11.0. The molecule has 68 heavy (non-hydrogen) atoms. The Morgan fingerprint density at radius 2 is 1.60 bits per heavy atom. The Bertz CT molecular complexity index is 2910. The van der Waals surface area contributed by atoms with E-state index in [1.807, 2.05) is 113 Å². The Morgan fingerprint density at radius 1 is 0.897 bits per heavy atom. The lowest BCUT2D eigenvalue weighted by atomic mass is 9.85. The number of carbonyl (C=O) groups excluding carboxylic acids is 4. The summed E-state index contributed by atoms with van der Waals surface area (Å²) in [6, 6.07) is 19.6. The number of fused-ring (bicyclic) bond motifs is 3. The summed E-state index contributed by atoms with van der Waals surface area (Å²) in [5, 5.41) is 15.9. The molecule has 0 unspecified atom stereocenters. The summed E-state index contributed by atoms with van der Waals surface area (Å²) >= 11 is 3.25. The predicted molar refractivity (Wildman–Crippen MR) is 266 cm³/mol. The summed E-state index contributed by atoms with van der Waals surface area (Å²) in [6.45, 7) is 17.8. The van der Waals surface area contributed by atoms with Crippen LogP contribution in [0.15, 0.2) is 77.2 Å². The van der Waals surface area contributed by atoms with Crippen molar-refractivity contribution in [1.29, 1.82) is 0 Å². The van der Waals surface area contributed by atoms with Gasteiger partial charge in [0.1, 0.15) is 34.7 Å². The lowest BCUT2D eigenvalue weighted by molar-refractivity contribution is -0.144. The van der Waals surface area contributed by atoms with Gasteiger partial charge in [0.25, 0.3) is 5.91 Å². The van der Waals surface area contributed by atoms with Gasteiger partial charge in [-0.25, -0.2) is 4.98 Å². The molecule has 16 heteroatoms. The number of benzene rings is 3. The quantitative estimate of drug-likeness (QED) is 0.107. The van der Waals surface area contributed by atoms with Gasteiger partial charge in [-0.05, 0) is 105 Å². The molecule has 8 rings (SSSR count). The van der Waals surface area contributed by atoms with Crippen molar-refractivity contribution in [3.05, 3.63) is 122 Å². The average Bonchev–Trinajstić information content (AvgIpc) is 4.11. The van der Waals surface area contributed by atoms with Crippen LogP contribution in [-0.2, 0) is 23.9 Å². The summed E-state index contributed by atoms with van der Waals surface area (Å²) in [5.41, 5.74) is 10.9. The van der Waals surface area contributed by atoms with Crippen molar-refractivity contribution in [1.82, 2.24) is 35.3 Å². The van der Waals surface area contributed by atoms with Gasteiger partial charge in [0.05, 0.1) is 41.4 Å². The van der Waals surface area contributed by atoms with E-state index in [4.69, 9.17) is 14.5 Å². The minimum atomic E-state index is -0.884. The van der Waals surface area contributed by atoms with Crippen LogP contribution in [0, 0.1) is 40.0 Å². The number of methoxy groups -OCH3 is 1. The van der Waals surface area contributed by atoms with Crippen molar-refractivity contribution < 1.29 is 28.7 Å². The molecule has 0 aliphatic carbocycles. The van der Waals surface area contributed by atoms with Crippen molar-refractivity contribution in [3.8, 4) is 32.3 Å². The number of aromatic nitrogens is 4. The summed E-state index contributed by atoms with van der Waals surface area (Å²) < 4.78 is 13.1. The number of ether oxygens (including phenoxy) is 2. The third-order valence-electron chi connectivity index (χ3n) is 12.9. The van der Waals surface area contributed by atoms with Crippen molar-refractivity contribution >= 4 is 52.1 Å². The number of amides is 3. The van der Waals surface area contributed by atoms with Crippen molar-refractivity contribution in [2.75, 3.05) is 20.3 Å². The number of likely N-dealkylation sites (tertiary alicyclic amines) is 1. The molecular weight excluding hydrogens is 897 g/mol. The highest BCUT2D eigenvalue weighted by Crippen LogP contribution is 2.40. The Labute approximate surface area is 405 Å². The van der Waals surface area contributed by atoms with E-state index in [2.05, 4.69) is 51.8 Å². The normalized spacial score (nSPS) is 16.5. The van der Waals surface area contributed by atoms with Gasteiger partial charge in [-0.2, -0.15) is 0 Å². The van der Waals surface area contributed by atoms with Gasteiger partial charge in [-0.3, -0.25) is 28.7 Å². The molecule has 0 bridgehead atoms. The molecule has 1 fully saturated rings. The van der Waals surface area contributed by atoms with E-state index in [-0.39, 0.29) is 36.9 Å². The summed E-state index contributed by atoms with van der Waals surface area (Å²) in [5.74, 6) is 0.503. The number of esters is 1. The lowest BCUT2D eigenvalue weighted by Gasteiger charge is -2.35. The largest absolute Gasteiger partial charge is 0.484 e. The Balaban J connectivity index is 0.912. The van der Waals surface area contributed by atoms with Gasteiger partial charge < -0.3 is 25.0 Å². The third kappa shape index (κ3) is 9.74. The summed E-state index contributed by atoms with van der Waals surface area (Å²) in [4.78, 5) is 67.5. The SMILES string of the molecule is COC(=O)C[C@@H]1N=C(c2ccc(-c3ccc(OCC(=O)N[C@H](C(=O)N4CCC[C@H]4C(=O)N[C@@H](C)c4ccc(-c5scnc5C)cc4)C(C)(C)C)cc3C)cc2)c2c(sc(C)c2C)-n2c(C)nnc21. The molecule has 0 spiro atoms. The van der Waals surface area contributed by atoms with Crippen molar-refractivity contribution in [2.24, 2.45) is 10.4 Å². The first-order chi connectivity index (χ1) is 32.4. The number of carbonyl (C=O) groups is 4. The fourth-order valence-electron chi connectivity index (χ4n) is 8.99. The van der Waals surface area contributed by atoms with Gasteiger partial charge in [0.15, 0.2) is 12.4 Å². The van der Waals surface area contributed by atoms with Crippen LogP contribution in [0.25, 0.3) is 26.6 Å². The molecule has 2 N–H and O–H groups in total. The smallest absolute Gasteiger partial charge is 0.308 e. The van der Waals surface area contributed by atoms with Crippen LogP contribution in [0.1, 0.15) is 109 Å². The molecule has 6 aromatic rings. The number of aryl methyl sites for hydroxylation is 4. The zero-order chi connectivity index (χ0) is 48.6. The van der Waals surface area contributed by atoms with E-state index in [1.54, 1.807) is 27.6 Å². The molecule has 0 radical (unpaired) electrons. The second-order valence-electron chi connectivity index (χ2n) is 18.7. The topological polar surface area (TPSA) is 170 Å². The van der Waals surface area contributed by atoms with Crippen molar-refractivity contribution in [3.63, 3.8) is 0 Å². The lowest BCUT2D eigenvalue weighted by Crippen LogP contribution is -2.58. The molecular formula is C52H58N8O6S2. The molecule has 14 nitrogen and oxygen atoms in total. The standard InChI is InChI=1S/C52H58N8O6S2/c1-28-24-38(21-22-39(28)35-15-17-36(18-16-35)45-44-29(2)32(5)68-51(44)60-33(6)57-58-48(60)40(55-45)25-43(62)65-10)66-26-42(61)56-47(52(7,8)9)50(64)59-23-11-12-41(59)49(63)54-30(3)34-13-19-37(20-14-34)46-31(4)53-27-67-46/h13-22,24,27,30,40-41,47H,11-12,23,25-26H2,1-10H3,(H,54,63)(H,56,61)/t30-,40-,41-,47+/m0/s1. The molecule has 3 aromatic carbocycles. The number of aliphatic imine (C=N–C) groups is 1. The first-order valence-corrected chi connectivity index (χ1v) is 24.5. The van der Waals surface area contributed by atoms with Crippen LogP contribution in [0.4, 0.5) is 0 Å². The number of nitrogens with zero attached hydrogens (tertiary/aromatic N) is 6. The number of thiophene rings is 1. The molecule has 2 aliphatic rings. The van der Waals surface area contributed by atoms with Crippen LogP contribution >= 0.6 is 22.7 Å². The van der Waals surface area contributed by atoms with Crippen molar-refractivity contribution in [2.45, 2.75) is 106 Å². The second-order valence-corrected chi connectivity index (χ2v) is 20.8. The summed E-state index contributed by atoms with van der Waals surface area (Å²) in [6.07, 6.45) is 1.25. The number of hydrogen-bond acceptors (Lipinski definition) is 12. The Morgan fingerprint density at radius 3 is 2.26 bits per heavy atom. The van der Waals surface area contributed by atoms with Gasteiger partial charge in [0.2, 0.25) is 11.8 Å². The molecule has 3 amide bonds. The van der Waals surface area contributed by atoms with E-state index >= 15 is 0 Å². The van der Waals surface area contributed by atoms with Crippen LogP contribution in [0.3, 0.4) is 0 Å². The Hall–Kier alpha value is -6.52. The third-order valence-corrected chi connectivity index (χ3v) is 15.1. The van der Waals surface area contributed by atoms with E-state index in [9.17, 15) is 19.2 Å². The molecule has 0 saturated carbocycles. The van der Waals surface area contributed by atoms with Crippen LogP contribution < -0.4 is 15.4 Å². The zero-order valence-corrected chi connectivity index (χ0v) is 41.9. The summed E-state index contributed by atoms with van der Waals surface area (Å²) in [7, 11) is 1.37. The number of thiazole rings is 1. The second kappa shape index (κ2) is 19.6. The maximum absolute atomic E-state index is 14.2. The van der Waals surface area contributed by atoms with Gasteiger partial charge in [-0.1, -0.05) is 75.4 Å². The molecule has 5 heterocycles. The van der Waals surface area contributed by atoms with Crippen LogP contribution in [0.2, 0.25) is 0 Å². The molecule has 4 atom stereocenters. The fraction of sp³-hybridized carbons (Fsp3) is 0.385. The number of hydrogen-bond donors (Lipinski definition) is 2. The predicted octanol–water partition coefficient (Wildman–Crippen LogP) is 8.89. The monoisotopic (exact) mass is 954 g/mol. The highest BCUT2D eigenvalue weighted by atomic mass is 32.1. The first-order valence-electron chi connectivity index (χ1n) is 22.9. The van der Waals surface area contributed by atoms with E-state index in [0.29, 0.717) is 31.0 Å². The van der Waals surface area contributed by atoms with Gasteiger partial charge >= 0.3 is 5.97 Å². The molecule has 2 aliphatic heterocycles. The maximum atomic E-state index is 14.2. The maximum Gasteiger partial charge on any atom is 0.308 e. The van der Waals surface area contributed by atoms with Gasteiger partial charge in [0, 0.05) is 22.5 Å². The number of nitrogens with one attached hydrogen (secondary N) is 2. The highest BCUT2D eigenvalue weighted by molar-refractivity contribution is 7.15. The minimum absolute atomic E-state index is 0.0269. The minimum Gasteiger partial charge on any atom is -0.484 e. The highest BCUT2D eigenvalue weighted by Gasteiger charge is 2.42. The van der Waals surface area contributed by atoms with Crippen LogP contribution in [0.5, 0.6) is 5.75 Å². The van der Waals surface area contributed by atoms with Crippen LogP contribution in [-0.4, -0.2) is 86.4 Å². The average molecular weight is 955 g/mol. The molecule has 3 aromatic heterocycles. The molecule has 1 saturated heterocycles. The first kappa shape index (κ1) is 48.0. The van der Waals surface area contributed by atoms with E-state index in [1.165, 1.54) is 7.11 Å². The van der Waals surface area contributed by atoms with E-state index < -0.39 is 29.4 Å². The van der Waals surface area contributed by atoms with E-state index in [0.717, 1.165) is 76.5 Å².